The summed E-state index contributed by atoms with van der Waals surface area (Å²) in [6.45, 7) is 4.10. The lowest BCUT2D eigenvalue weighted by atomic mass is 10.0. The van der Waals surface area contributed by atoms with Crippen LogP contribution in [0.25, 0.3) is 11.0 Å². The van der Waals surface area contributed by atoms with Crippen LogP contribution in [0.4, 0.5) is 0 Å². The number of carbonyl (C=O) groups is 1. The second-order valence-corrected chi connectivity index (χ2v) is 5.69. The minimum atomic E-state index is -0.0366. The van der Waals surface area contributed by atoms with Gasteiger partial charge in [-0.15, -0.1) is 0 Å². The molecule has 3 heteroatoms. The Balaban J connectivity index is 1.90. The topological polar surface area (TPSA) is 30.2 Å². The molecule has 3 aromatic rings. The van der Waals surface area contributed by atoms with Gasteiger partial charge in [-0.2, -0.15) is 0 Å². The van der Waals surface area contributed by atoms with Crippen molar-refractivity contribution in [3.8, 4) is 0 Å². The van der Waals surface area contributed by atoms with Crippen LogP contribution in [0.15, 0.2) is 46.9 Å². The molecule has 0 aliphatic carbocycles. The molecule has 0 bridgehead atoms. The number of halogens is 1. The van der Waals surface area contributed by atoms with Crippen molar-refractivity contribution < 1.29 is 9.21 Å². The molecular formula is C18H15ClO2. The number of Topliss-reactive ketones (excluding diaryl/α,β-unsaturated/α-hetero) is 1. The summed E-state index contributed by atoms with van der Waals surface area (Å²) in [5, 5.41) is 1.38. The fourth-order valence-electron chi connectivity index (χ4n) is 2.35. The fourth-order valence-corrected chi connectivity index (χ4v) is 2.57. The van der Waals surface area contributed by atoms with Gasteiger partial charge in [-0.05, 0) is 42.7 Å². The summed E-state index contributed by atoms with van der Waals surface area (Å²) in [6, 6.07) is 13.3. The van der Waals surface area contributed by atoms with E-state index in [0.717, 1.165) is 10.9 Å². The highest BCUT2D eigenvalue weighted by molar-refractivity contribution is 6.34. The van der Waals surface area contributed by atoms with Crippen molar-refractivity contribution in [3.63, 3.8) is 0 Å². The van der Waals surface area contributed by atoms with Crippen LogP contribution in [0, 0.1) is 13.8 Å². The highest BCUT2D eigenvalue weighted by Crippen LogP contribution is 2.27. The van der Waals surface area contributed by atoms with Crippen LogP contribution in [0.5, 0.6) is 0 Å². The largest absolute Gasteiger partial charge is 0.451 e. The lowest BCUT2D eigenvalue weighted by Crippen LogP contribution is -2.02. The molecule has 0 fully saturated rings. The molecule has 0 amide bonds. The molecule has 1 heterocycles. The van der Waals surface area contributed by atoms with Crippen molar-refractivity contribution in [1.82, 2.24) is 0 Å². The smallest absolute Gasteiger partial charge is 0.202 e. The summed E-state index contributed by atoms with van der Waals surface area (Å²) in [4.78, 5) is 12.4. The minimum Gasteiger partial charge on any atom is -0.451 e. The number of ketones is 1. The average Bonchev–Trinajstić information content (AvgIpc) is 2.89. The van der Waals surface area contributed by atoms with Gasteiger partial charge >= 0.3 is 0 Å². The standard InChI is InChI=1S/C18H15ClO2/c1-11-6-7-13(8-12(11)2)9-16(20)17-10-14-4-3-5-15(19)18(14)21-17/h3-8,10H,9H2,1-2H3. The third-order valence-corrected chi connectivity index (χ3v) is 4.00. The number of aryl methyl sites for hydroxylation is 2. The zero-order valence-electron chi connectivity index (χ0n) is 11.9. The normalized spacial score (nSPS) is 11.0. The number of rotatable bonds is 3. The summed E-state index contributed by atoms with van der Waals surface area (Å²) in [7, 11) is 0. The van der Waals surface area contributed by atoms with Gasteiger partial charge in [0.15, 0.2) is 11.3 Å². The number of hydrogen-bond acceptors (Lipinski definition) is 2. The molecule has 106 valence electrons. The third-order valence-electron chi connectivity index (χ3n) is 3.71. The third kappa shape index (κ3) is 2.72. The van der Waals surface area contributed by atoms with Crippen molar-refractivity contribution in [1.29, 1.82) is 0 Å². The van der Waals surface area contributed by atoms with E-state index in [1.165, 1.54) is 11.1 Å². The van der Waals surface area contributed by atoms with E-state index in [0.29, 0.717) is 22.8 Å². The predicted molar refractivity (Wildman–Crippen MR) is 85.2 cm³/mol. The van der Waals surface area contributed by atoms with Gasteiger partial charge in [0.2, 0.25) is 5.78 Å². The second kappa shape index (κ2) is 5.38. The molecule has 0 atom stereocenters. The number of carbonyl (C=O) groups excluding carboxylic acids is 1. The average molecular weight is 299 g/mol. The molecule has 1 aromatic heterocycles. The molecule has 0 radical (unpaired) electrons. The molecule has 0 saturated heterocycles. The first-order valence-corrected chi connectivity index (χ1v) is 7.20. The van der Waals surface area contributed by atoms with E-state index in [9.17, 15) is 4.79 Å². The van der Waals surface area contributed by atoms with Crippen molar-refractivity contribution in [2.45, 2.75) is 20.3 Å². The Hall–Kier alpha value is -2.06. The fraction of sp³-hybridized carbons (Fsp3) is 0.167. The first kappa shape index (κ1) is 13.9. The van der Waals surface area contributed by atoms with Gasteiger partial charge in [0.05, 0.1) is 5.02 Å². The first-order valence-electron chi connectivity index (χ1n) is 6.82. The Morgan fingerprint density at radius 1 is 1.10 bits per heavy atom. The minimum absolute atomic E-state index is 0.0366. The van der Waals surface area contributed by atoms with Crippen LogP contribution in [0.3, 0.4) is 0 Å². The maximum Gasteiger partial charge on any atom is 0.202 e. The van der Waals surface area contributed by atoms with Gasteiger partial charge < -0.3 is 4.42 Å². The summed E-state index contributed by atoms with van der Waals surface area (Å²) in [6.07, 6.45) is 0.332. The molecule has 0 spiro atoms. The van der Waals surface area contributed by atoms with Gasteiger partial charge in [-0.25, -0.2) is 0 Å². The van der Waals surface area contributed by atoms with Crippen molar-refractivity contribution in [3.05, 3.63) is 69.9 Å². The molecule has 0 aliphatic heterocycles. The van der Waals surface area contributed by atoms with Crippen LogP contribution < -0.4 is 0 Å². The molecule has 0 unspecified atom stereocenters. The summed E-state index contributed by atoms with van der Waals surface area (Å²) < 4.78 is 5.61. The zero-order chi connectivity index (χ0) is 15.0. The van der Waals surface area contributed by atoms with Crippen molar-refractivity contribution in [2.24, 2.45) is 0 Å². The van der Waals surface area contributed by atoms with Crippen LogP contribution >= 0.6 is 11.6 Å². The molecule has 0 aliphatic rings. The van der Waals surface area contributed by atoms with Gasteiger partial charge in [-0.1, -0.05) is 41.9 Å². The monoisotopic (exact) mass is 298 g/mol. The Labute approximate surface area is 128 Å². The molecular weight excluding hydrogens is 284 g/mol. The quantitative estimate of drug-likeness (QED) is 0.628. The second-order valence-electron chi connectivity index (χ2n) is 5.29. The SMILES string of the molecule is Cc1ccc(CC(=O)c2cc3cccc(Cl)c3o2)cc1C. The Bertz CT molecular complexity index is 830. The molecule has 2 aromatic carbocycles. The van der Waals surface area contributed by atoms with Crippen LogP contribution in [0.2, 0.25) is 5.02 Å². The zero-order valence-corrected chi connectivity index (χ0v) is 12.7. The molecule has 3 rings (SSSR count). The van der Waals surface area contributed by atoms with Crippen molar-refractivity contribution in [2.75, 3.05) is 0 Å². The van der Waals surface area contributed by atoms with Crippen LogP contribution in [-0.2, 0) is 6.42 Å². The number of benzene rings is 2. The number of furan rings is 1. The highest BCUT2D eigenvalue weighted by Gasteiger charge is 2.14. The molecule has 21 heavy (non-hydrogen) atoms. The number of para-hydroxylation sites is 1. The van der Waals surface area contributed by atoms with Crippen LogP contribution in [-0.4, -0.2) is 5.78 Å². The first-order chi connectivity index (χ1) is 10.0. The van der Waals surface area contributed by atoms with Gasteiger partial charge in [0, 0.05) is 11.8 Å². The highest BCUT2D eigenvalue weighted by atomic mass is 35.5. The van der Waals surface area contributed by atoms with E-state index in [-0.39, 0.29) is 5.78 Å². The van der Waals surface area contributed by atoms with Gasteiger partial charge in [0.25, 0.3) is 0 Å². The van der Waals surface area contributed by atoms with E-state index >= 15 is 0 Å². The van der Waals surface area contributed by atoms with E-state index in [2.05, 4.69) is 6.92 Å². The molecule has 2 nitrogen and oxygen atoms in total. The summed E-state index contributed by atoms with van der Waals surface area (Å²) in [5.74, 6) is 0.321. The summed E-state index contributed by atoms with van der Waals surface area (Å²) in [5.41, 5.74) is 3.98. The van der Waals surface area contributed by atoms with E-state index < -0.39 is 0 Å². The predicted octanol–water partition coefficient (Wildman–Crippen LogP) is 5.13. The maximum absolute atomic E-state index is 12.4. The number of hydrogen-bond donors (Lipinski definition) is 0. The van der Waals surface area contributed by atoms with Crippen molar-refractivity contribution >= 4 is 28.4 Å². The molecule has 0 saturated carbocycles. The van der Waals surface area contributed by atoms with E-state index in [1.54, 1.807) is 12.1 Å². The van der Waals surface area contributed by atoms with Crippen LogP contribution in [0.1, 0.15) is 27.2 Å². The maximum atomic E-state index is 12.4. The van der Waals surface area contributed by atoms with E-state index in [1.807, 2.05) is 37.3 Å². The Morgan fingerprint density at radius 3 is 2.62 bits per heavy atom. The van der Waals surface area contributed by atoms with E-state index in [4.69, 9.17) is 16.0 Å². The van der Waals surface area contributed by atoms with Gasteiger partial charge in [0.1, 0.15) is 0 Å². The lowest BCUT2D eigenvalue weighted by molar-refractivity contribution is 0.0968. The Kier molecular flexibility index (Phi) is 3.56. The lowest BCUT2D eigenvalue weighted by Gasteiger charge is -2.03. The molecule has 0 N–H and O–H groups in total. The number of fused-ring (bicyclic) bond motifs is 1. The van der Waals surface area contributed by atoms with Gasteiger partial charge in [-0.3, -0.25) is 4.79 Å². The summed E-state index contributed by atoms with van der Waals surface area (Å²) >= 11 is 6.07. The Morgan fingerprint density at radius 2 is 1.90 bits per heavy atom.